The predicted molar refractivity (Wildman–Crippen MR) is 80.3 cm³/mol. The van der Waals surface area contributed by atoms with Crippen LogP contribution in [-0.4, -0.2) is 15.0 Å². The summed E-state index contributed by atoms with van der Waals surface area (Å²) < 4.78 is 0. The van der Waals surface area contributed by atoms with Crippen molar-refractivity contribution in [3.05, 3.63) is 53.9 Å². The summed E-state index contributed by atoms with van der Waals surface area (Å²) in [4.78, 5) is 12.9. The molecule has 0 amide bonds. The van der Waals surface area contributed by atoms with Crippen LogP contribution in [0.2, 0.25) is 0 Å². The Balaban J connectivity index is 1.91. The molecule has 0 atom stereocenters. The molecule has 0 bridgehead atoms. The molecule has 3 aromatic rings. The zero-order valence-electron chi connectivity index (χ0n) is 11.2. The maximum atomic E-state index is 5.74. The molecule has 2 aromatic heterocycles. The number of nitrogens with zero attached hydrogens (tertiary/aromatic N) is 3. The number of benzene rings is 1. The minimum atomic E-state index is 0.267. The lowest BCUT2D eigenvalue weighted by Crippen LogP contribution is -2.06. The highest BCUT2D eigenvalue weighted by molar-refractivity contribution is 5.89. The summed E-state index contributed by atoms with van der Waals surface area (Å²) >= 11 is 0. The molecule has 0 spiro atoms. The van der Waals surface area contributed by atoms with E-state index in [0.717, 1.165) is 28.1 Å². The van der Waals surface area contributed by atoms with Crippen LogP contribution in [-0.2, 0) is 6.54 Å². The molecule has 0 aliphatic heterocycles. The van der Waals surface area contributed by atoms with Crippen molar-refractivity contribution in [1.29, 1.82) is 0 Å². The van der Waals surface area contributed by atoms with E-state index in [0.29, 0.717) is 6.54 Å². The quantitative estimate of drug-likeness (QED) is 0.761. The summed E-state index contributed by atoms with van der Waals surface area (Å²) in [5.74, 6) is 1.000. The van der Waals surface area contributed by atoms with Gasteiger partial charge in [-0.1, -0.05) is 18.2 Å². The number of pyridine rings is 1. The van der Waals surface area contributed by atoms with E-state index in [4.69, 9.17) is 5.73 Å². The highest BCUT2D eigenvalue weighted by Gasteiger charge is 2.05. The van der Waals surface area contributed by atoms with Crippen molar-refractivity contribution >= 4 is 22.7 Å². The summed E-state index contributed by atoms with van der Waals surface area (Å²) in [5.41, 5.74) is 8.53. The highest BCUT2D eigenvalue weighted by atomic mass is 15.1. The predicted octanol–water partition coefficient (Wildman–Crippen LogP) is 2.53. The minimum absolute atomic E-state index is 0.267. The molecule has 0 aliphatic carbocycles. The Morgan fingerprint density at radius 3 is 2.70 bits per heavy atom. The van der Waals surface area contributed by atoms with E-state index < -0.39 is 0 Å². The third kappa shape index (κ3) is 2.51. The van der Waals surface area contributed by atoms with Gasteiger partial charge >= 0.3 is 0 Å². The SMILES string of the molecule is Cc1cccc(CNc2nc(N)nc3ccccc23)n1. The molecule has 0 fully saturated rings. The Labute approximate surface area is 116 Å². The third-order valence-corrected chi connectivity index (χ3v) is 3.00. The monoisotopic (exact) mass is 265 g/mol. The summed E-state index contributed by atoms with van der Waals surface area (Å²) in [7, 11) is 0. The van der Waals surface area contributed by atoms with Crippen molar-refractivity contribution in [3.8, 4) is 0 Å². The molecule has 0 unspecified atom stereocenters. The first kappa shape index (κ1) is 12.3. The van der Waals surface area contributed by atoms with Crippen molar-refractivity contribution in [1.82, 2.24) is 15.0 Å². The molecule has 5 heteroatoms. The van der Waals surface area contributed by atoms with Crippen LogP contribution in [0.25, 0.3) is 10.9 Å². The Kier molecular flexibility index (Phi) is 3.16. The second-order valence-electron chi connectivity index (χ2n) is 4.57. The van der Waals surface area contributed by atoms with Crippen LogP contribution in [0.3, 0.4) is 0 Å². The van der Waals surface area contributed by atoms with Crippen LogP contribution < -0.4 is 11.1 Å². The number of rotatable bonds is 3. The van der Waals surface area contributed by atoms with Gasteiger partial charge in [-0.05, 0) is 31.2 Å². The lowest BCUT2D eigenvalue weighted by molar-refractivity contribution is 1.00. The number of aromatic nitrogens is 3. The van der Waals surface area contributed by atoms with Crippen LogP contribution in [0.5, 0.6) is 0 Å². The van der Waals surface area contributed by atoms with Gasteiger partial charge in [-0.15, -0.1) is 0 Å². The first-order valence-corrected chi connectivity index (χ1v) is 6.41. The maximum absolute atomic E-state index is 5.74. The zero-order valence-corrected chi connectivity index (χ0v) is 11.2. The van der Waals surface area contributed by atoms with Gasteiger partial charge in [0.25, 0.3) is 0 Å². The average molecular weight is 265 g/mol. The van der Waals surface area contributed by atoms with E-state index in [9.17, 15) is 0 Å². The van der Waals surface area contributed by atoms with Crippen molar-refractivity contribution in [3.63, 3.8) is 0 Å². The van der Waals surface area contributed by atoms with Crippen LogP contribution in [0.15, 0.2) is 42.5 Å². The van der Waals surface area contributed by atoms with E-state index in [-0.39, 0.29) is 5.95 Å². The Bertz CT molecular complexity index is 754. The van der Waals surface area contributed by atoms with Gasteiger partial charge in [0.1, 0.15) is 5.82 Å². The standard InChI is InChI=1S/C15H15N5/c1-10-5-4-6-11(18-10)9-17-14-12-7-2-3-8-13(12)19-15(16)20-14/h2-8H,9H2,1H3,(H3,16,17,19,20). The fourth-order valence-electron chi connectivity index (χ4n) is 2.10. The van der Waals surface area contributed by atoms with E-state index in [1.807, 2.05) is 49.4 Å². The van der Waals surface area contributed by atoms with Gasteiger partial charge in [0.2, 0.25) is 5.95 Å². The lowest BCUT2D eigenvalue weighted by Gasteiger charge is -2.09. The van der Waals surface area contributed by atoms with Crippen LogP contribution >= 0.6 is 0 Å². The number of hydrogen-bond acceptors (Lipinski definition) is 5. The van der Waals surface area contributed by atoms with E-state index >= 15 is 0 Å². The number of nitrogen functional groups attached to an aromatic ring is 1. The fraction of sp³-hybridized carbons (Fsp3) is 0.133. The number of nitrogens with two attached hydrogens (primary N) is 1. The molecular formula is C15H15N5. The third-order valence-electron chi connectivity index (χ3n) is 3.00. The number of fused-ring (bicyclic) bond motifs is 1. The topological polar surface area (TPSA) is 76.7 Å². The Morgan fingerprint density at radius 2 is 1.85 bits per heavy atom. The molecule has 5 nitrogen and oxygen atoms in total. The molecule has 3 N–H and O–H groups in total. The molecular weight excluding hydrogens is 250 g/mol. The smallest absolute Gasteiger partial charge is 0.222 e. The molecule has 0 radical (unpaired) electrons. The highest BCUT2D eigenvalue weighted by Crippen LogP contribution is 2.21. The molecule has 0 saturated heterocycles. The van der Waals surface area contributed by atoms with E-state index in [1.165, 1.54) is 0 Å². The van der Waals surface area contributed by atoms with Gasteiger partial charge in [0.05, 0.1) is 17.8 Å². The summed E-state index contributed by atoms with van der Waals surface area (Å²) in [5, 5.41) is 4.23. The molecule has 100 valence electrons. The molecule has 0 saturated carbocycles. The van der Waals surface area contributed by atoms with E-state index in [2.05, 4.69) is 20.3 Å². The Morgan fingerprint density at radius 1 is 1.00 bits per heavy atom. The summed E-state index contributed by atoms with van der Waals surface area (Å²) in [6.07, 6.45) is 0. The first-order chi connectivity index (χ1) is 9.72. The van der Waals surface area contributed by atoms with Crippen molar-refractivity contribution in [2.24, 2.45) is 0 Å². The summed E-state index contributed by atoms with van der Waals surface area (Å²) in [6.45, 7) is 2.57. The lowest BCUT2D eigenvalue weighted by atomic mass is 10.2. The molecule has 0 aliphatic rings. The van der Waals surface area contributed by atoms with Gasteiger partial charge in [0, 0.05) is 11.1 Å². The van der Waals surface area contributed by atoms with Crippen molar-refractivity contribution in [2.75, 3.05) is 11.1 Å². The van der Waals surface area contributed by atoms with Crippen molar-refractivity contribution < 1.29 is 0 Å². The Hall–Kier alpha value is -2.69. The zero-order chi connectivity index (χ0) is 13.9. The number of para-hydroxylation sites is 1. The van der Waals surface area contributed by atoms with Gasteiger partial charge in [-0.25, -0.2) is 4.98 Å². The fourth-order valence-corrected chi connectivity index (χ4v) is 2.10. The van der Waals surface area contributed by atoms with Crippen LogP contribution in [0.1, 0.15) is 11.4 Å². The van der Waals surface area contributed by atoms with Gasteiger partial charge in [-0.3, -0.25) is 4.98 Å². The molecule has 3 rings (SSSR count). The maximum Gasteiger partial charge on any atom is 0.222 e. The molecule has 2 heterocycles. The largest absolute Gasteiger partial charge is 0.368 e. The molecule has 20 heavy (non-hydrogen) atoms. The van der Waals surface area contributed by atoms with Gasteiger partial charge in [-0.2, -0.15) is 4.98 Å². The summed E-state index contributed by atoms with van der Waals surface area (Å²) in [6, 6.07) is 13.7. The first-order valence-electron chi connectivity index (χ1n) is 6.41. The van der Waals surface area contributed by atoms with Crippen molar-refractivity contribution in [2.45, 2.75) is 13.5 Å². The number of hydrogen-bond donors (Lipinski definition) is 2. The van der Waals surface area contributed by atoms with Crippen LogP contribution in [0, 0.1) is 6.92 Å². The second-order valence-corrected chi connectivity index (χ2v) is 4.57. The van der Waals surface area contributed by atoms with E-state index in [1.54, 1.807) is 0 Å². The number of nitrogens with one attached hydrogen (secondary N) is 1. The number of aryl methyl sites for hydroxylation is 1. The van der Waals surface area contributed by atoms with Crippen LogP contribution in [0.4, 0.5) is 11.8 Å². The average Bonchev–Trinajstić information content (AvgIpc) is 2.44. The number of anilines is 2. The minimum Gasteiger partial charge on any atom is -0.368 e. The van der Waals surface area contributed by atoms with Gasteiger partial charge in [0.15, 0.2) is 0 Å². The van der Waals surface area contributed by atoms with Gasteiger partial charge < -0.3 is 11.1 Å². The normalized spacial score (nSPS) is 10.7. The second kappa shape index (κ2) is 5.13. The molecule has 1 aromatic carbocycles.